The molecule has 0 spiro atoms. The van der Waals surface area contributed by atoms with Crippen LogP contribution >= 0.6 is 0 Å². The van der Waals surface area contributed by atoms with Gasteiger partial charge < -0.3 is 15.0 Å². The molecule has 2 aliphatic heterocycles. The molecule has 3 heteroatoms. The lowest BCUT2D eigenvalue weighted by Gasteiger charge is -2.24. The van der Waals surface area contributed by atoms with Gasteiger partial charge in [0.15, 0.2) is 0 Å². The van der Waals surface area contributed by atoms with Crippen molar-refractivity contribution >= 4 is 5.69 Å². The van der Waals surface area contributed by atoms with E-state index in [-0.39, 0.29) is 0 Å². The molecule has 20 heavy (non-hydrogen) atoms. The van der Waals surface area contributed by atoms with Gasteiger partial charge in [0.2, 0.25) is 0 Å². The van der Waals surface area contributed by atoms with Gasteiger partial charge in [-0.2, -0.15) is 0 Å². The first-order valence-electron chi connectivity index (χ1n) is 7.94. The summed E-state index contributed by atoms with van der Waals surface area (Å²) < 4.78 is 6.18. The summed E-state index contributed by atoms with van der Waals surface area (Å²) >= 11 is 0. The van der Waals surface area contributed by atoms with Crippen LogP contribution in [0.4, 0.5) is 5.69 Å². The van der Waals surface area contributed by atoms with Gasteiger partial charge in [-0.1, -0.05) is 32.0 Å². The van der Waals surface area contributed by atoms with Crippen molar-refractivity contribution < 1.29 is 4.74 Å². The molecule has 1 saturated heterocycles. The fourth-order valence-corrected chi connectivity index (χ4v) is 3.27. The molecule has 1 aromatic carbocycles. The molecule has 0 saturated carbocycles. The summed E-state index contributed by atoms with van der Waals surface area (Å²) in [4.78, 5) is 2.50. The highest BCUT2D eigenvalue weighted by Crippen LogP contribution is 2.29. The normalized spacial score (nSPS) is 25.4. The van der Waals surface area contributed by atoms with Crippen LogP contribution in [0, 0.1) is 0 Å². The molecule has 2 heterocycles. The number of benzene rings is 1. The summed E-state index contributed by atoms with van der Waals surface area (Å²) in [6.07, 6.45) is 4.38. The van der Waals surface area contributed by atoms with E-state index in [1.54, 1.807) is 0 Å². The van der Waals surface area contributed by atoms with Crippen molar-refractivity contribution in [1.29, 1.82) is 0 Å². The molecule has 1 N–H and O–H groups in total. The van der Waals surface area contributed by atoms with Crippen molar-refractivity contribution in [2.24, 2.45) is 0 Å². The highest BCUT2D eigenvalue weighted by atomic mass is 16.5. The predicted octanol–water partition coefficient (Wildman–Crippen LogP) is 2.59. The summed E-state index contributed by atoms with van der Waals surface area (Å²) in [5.74, 6) is 0. The number of ether oxygens (including phenoxy) is 1. The Hall–Kier alpha value is -1.06. The summed E-state index contributed by atoms with van der Waals surface area (Å²) in [5, 5.41) is 3.48. The largest absolute Gasteiger partial charge is 0.372 e. The van der Waals surface area contributed by atoms with Crippen LogP contribution in [0.2, 0.25) is 0 Å². The average Bonchev–Trinajstić information content (AvgIpc) is 3.05. The third-order valence-corrected chi connectivity index (χ3v) is 4.36. The minimum Gasteiger partial charge on any atom is -0.372 e. The van der Waals surface area contributed by atoms with Crippen molar-refractivity contribution in [3.8, 4) is 0 Å². The smallest absolute Gasteiger partial charge is 0.0755 e. The molecule has 0 amide bonds. The maximum Gasteiger partial charge on any atom is 0.0755 e. The zero-order valence-electron chi connectivity index (χ0n) is 12.6. The first kappa shape index (κ1) is 13.9. The minimum atomic E-state index is 0.403. The molecule has 2 unspecified atom stereocenters. The van der Waals surface area contributed by atoms with Gasteiger partial charge in [-0.3, -0.25) is 0 Å². The molecule has 2 atom stereocenters. The van der Waals surface area contributed by atoms with E-state index in [0.717, 1.165) is 19.6 Å². The third-order valence-electron chi connectivity index (χ3n) is 4.36. The average molecular weight is 274 g/mol. The molecule has 0 bridgehead atoms. The standard InChI is InChI=1S/C17H26N2O/c1-13(2)18-11-15-7-8-16(20-15)12-19-10-9-14-5-3-4-6-17(14)19/h3-6,13,15-16,18H,7-12H2,1-2H3. The van der Waals surface area contributed by atoms with E-state index in [1.165, 1.54) is 30.5 Å². The predicted molar refractivity (Wildman–Crippen MR) is 83.4 cm³/mol. The Labute approximate surface area is 122 Å². The van der Waals surface area contributed by atoms with Crippen LogP contribution in [-0.2, 0) is 11.2 Å². The minimum absolute atomic E-state index is 0.403. The van der Waals surface area contributed by atoms with E-state index in [0.29, 0.717) is 18.2 Å². The maximum atomic E-state index is 6.18. The molecular formula is C17H26N2O. The van der Waals surface area contributed by atoms with E-state index >= 15 is 0 Å². The second-order valence-corrected chi connectivity index (χ2v) is 6.35. The van der Waals surface area contributed by atoms with E-state index in [4.69, 9.17) is 4.74 Å². The molecule has 0 aliphatic carbocycles. The number of para-hydroxylation sites is 1. The summed E-state index contributed by atoms with van der Waals surface area (Å²) in [6, 6.07) is 9.32. The van der Waals surface area contributed by atoms with E-state index in [1.807, 2.05) is 0 Å². The summed E-state index contributed by atoms with van der Waals surface area (Å²) in [6.45, 7) is 7.56. The second kappa shape index (κ2) is 6.15. The van der Waals surface area contributed by atoms with Gasteiger partial charge in [-0.15, -0.1) is 0 Å². The van der Waals surface area contributed by atoms with Gasteiger partial charge in [-0.25, -0.2) is 0 Å². The van der Waals surface area contributed by atoms with E-state index < -0.39 is 0 Å². The van der Waals surface area contributed by atoms with Crippen LogP contribution < -0.4 is 10.2 Å². The highest BCUT2D eigenvalue weighted by Gasteiger charge is 2.28. The van der Waals surface area contributed by atoms with Crippen LogP contribution in [0.1, 0.15) is 32.3 Å². The topological polar surface area (TPSA) is 24.5 Å². The Morgan fingerprint density at radius 2 is 2.05 bits per heavy atom. The molecular weight excluding hydrogens is 248 g/mol. The van der Waals surface area contributed by atoms with Crippen LogP contribution in [0.15, 0.2) is 24.3 Å². The zero-order chi connectivity index (χ0) is 13.9. The lowest BCUT2D eigenvalue weighted by molar-refractivity contribution is 0.0486. The number of nitrogens with one attached hydrogen (secondary N) is 1. The van der Waals surface area contributed by atoms with Gasteiger partial charge in [0.05, 0.1) is 12.2 Å². The van der Waals surface area contributed by atoms with E-state index in [2.05, 4.69) is 48.3 Å². The van der Waals surface area contributed by atoms with Crippen LogP contribution in [0.25, 0.3) is 0 Å². The molecule has 1 fully saturated rings. The lowest BCUT2D eigenvalue weighted by atomic mass is 10.1. The zero-order valence-corrected chi connectivity index (χ0v) is 12.6. The first-order valence-corrected chi connectivity index (χ1v) is 7.94. The van der Waals surface area contributed by atoms with Gasteiger partial charge in [0.25, 0.3) is 0 Å². The maximum absolute atomic E-state index is 6.18. The number of nitrogens with zero attached hydrogens (tertiary/aromatic N) is 1. The van der Waals surface area contributed by atoms with Crippen LogP contribution in [0.3, 0.4) is 0 Å². The second-order valence-electron chi connectivity index (χ2n) is 6.35. The summed E-state index contributed by atoms with van der Waals surface area (Å²) in [7, 11) is 0. The lowest BCUT2D eigenvalue weighted by Crippen LogP contribution is -2.34. The van der Waals surface area contributed by atoms with Crippen molar-refractivity contribution in [2.75, 3.05) is 24.5 Å². The quantitative estimate of drug-likeness (QED) is 0.893. The molecule has 0 aromatic heterocycles. The van der Waals surface area contributed by atoms with Gasteiger partial charge in [0.1, 0.15) is 0 Å². The van der Waals surface area contributed by atoms with Crippen molar-refractivity contribution in [3.63, 3.8) is 0 Å². The fourth-order valence-electron chi connectivity index (χ4n) is 3.27. The van der Waals surface area contributed by atoms with E-state index in [9.17, 15) is 0 Å². The highest BCUT2D eigenvalue weighted by molar-refractivity contribution is 5.57. The Balaban J connectivity index is 1.51. The monoisotopic (exact) mass is 274 g/mol. The molecule has 1 aromatic rings. The van der Waals surface area contributed by atoms with Crippen LogP contribution in [0.5, 0.6) is 0 Å². The number of rotatable bonds is 5. The molecule has 2 aliphatic rings. The van der Waals surface area contributed by atoms with Gasteiger partial charge in [-0.05, 0) is 30.9 Å². The number of fused-ring (bicyclic) bond motifs is 1. The molecule has 3 rings (SSSR count). The number of hydrogen-bond donors (Lipinski definition) is 1. The summed E-state index contributed by atoms with van der Waals surface area (Å²) in [5.41, 5.74) is 2.91. The Morgan fingerprint density at radius 1 is 1.25 bits per heavy atom. The molecule has 0 radical (unpaired) electrons. The Kier molecular flexibility index (Phi) is 4.27. The van der Waals surface area contributed by atoms with Gasteiger partial charge >= 0.3 is 0 Å². The Bertz CT molecular complexity index is 446. The molecule has 110 valence electrons. The number of anilines is 1. The van der Waals surface area contributed by atoms with Crippen molar-refractivity contribution in [2.45, 2.75) is 51.4 Å². The van der Waals surface area contributed by atoms with Crippen LogP contribution in [-0.4, -0.2) is 37.9 Å². The van der Waals surface area contributed by atoms with Gasteiger partial charge in [0, 0.05) is 31.4 Å². The Morgan fingerprint density at radius 3 is 2.90 bits per heavy atom. The van der Waals surface area contributed by atoms with Crippen molar-refractivity contribution in [1.82, 2.24) is 5.32 Å². The fraction of sp³-hybridized carbons (Fsp3) is 0.647. The third kappa shape index (κ3) is 3.15. The SMILES string of the molecule is CC(C)NCC1CCC(CN2CCc3ccccc32)O1. The number of hydrogen-bond acceptors (Lipinski definition) is 3. The van der Waals surface area contributed by atoms with Crippen molar-refractivity contribution in [3.05, 3.63) is 29.8 Å². The first-order chi connectivity index (χ1) is 9.72. The molecule has 3 nitrogen and oxygen atoms in total.